The van der Waals surface area contributed by atoms with Crippen LogP contribution in [0.2, 0.25) is 5.02 Å². The minimum atomic E-state index is -0.101. The summed E-state index contributed by atoms with van der Waals surface area (Å²) in [5.74, 6) is -0.101. The molecule has 1 fully saturated rings. The summed E-state index contributed by atoms with van der Waals surface area (Å²) in [6.07, 6.45) is 5.37. The van der Waals surface area contributed by atoms with Crippen LogP contribution in [0.1, 0.15) is 29.6 Å². The summed E-state index contributed by atoms with van der Waals surface area (Å²) in [7, 11) is 0. The Bertz CT molecular complexity index is 453. The third kappa shape index (κ3) is 3.12. The molecule has 3 N–H and O–H groups in total. The summed E-state index contributed by atoms with van der Waals surface area (Å²) in [5.41, 5.74) is 6.74. The van der Waals surface area contributed by atoms with E-state index in [4.69, 9.17) is 17.3 Å². The molecule has 0 radical (unpaired) electrons. The molecular weight excluding hydrogens is 268 g/mol. The van der Waals surface area contributed by atoms with Gasteiger partial charge < -0.3 is 11.1 Å². The first-order valence-electron chi connectivity index (χ1n) is 5.99. The standard InChI is InChI=1S/C13H17ClN2OS/c1-18-10-4-3-9(7-10)16-13(17)11-5-2-8(14)6-12(11)15/h2,5-6,9-10H,3-4,7,15H2,1H3,(H,16,17). The molecule has 0 bridgehead atoms. The first kappa shape index (κ1) is 13.6. The van der Waals surface area contributed by atoms with E-state index in [0.29, 0.717) is 21.5 Å². The van der Waals surface area contributed by atoms with Crippen molar-refractivity contribution in [2.75, 3.05) is 12.0 Å². The Morgan fingerprint density at radius 3 is 2.89 bits per heavy atom. The molecule has 0 aromatic heterocycles. The molecular formula is C13H17ClN2OS. The van der Waals surface area contributed by atoms with E-state index >= 15 is 0 Å². The van der Waals surface area contributed by atoms with Gasteiger partial charge in [-0.15, -0.1) is 0 Å². The van der Waals surface area contributed by atoms with E-state index in [1.807, 2.05) is 11.8 Å². The van der Waals surface area contributed by atoms with Gasteiger partial charge in [-0.05, 0) is 43.7 Å². The third-order valence-corrected chi connectivity index (χ3v) is 4.64. The molecule has 5 heteroatoms. The lowest BCUT2D eigenvalue weighted by molar-refractivity contribution is 0.0939. The highest BCUT2D eigenvalue weighted by molar-refractivity contribution is 7.99. The van der Waals surface area contributed by atoms with Crippen LogP contribution in [0.5, 0.6) is 0 Å². The molecule has 1 aliphatic carbocycles. The number of thioether (sulfide) groups is 1. The average molecular weight is 285 g/mol. The smallest absolute Gasteiger partial charge is 0.253 e. The number of nitrogens with two attached hydrogens (primary N) is 1. The van der Waals surface area contributed by atoms with Crippen LogP contribution in [0.3, 0.4) is 0 Å². The predicted molar refractivity (Wildman–Crippen MR) is 78.3 cm³/mol. The van der Waals surface area contributed by atoms with Crippen LogP contribution >= 0.6 is 23.4 Å². The fraction of sp³-hybridized carbons (Fsp3) is 0.462. The van der Waals surface area contributed by atoms with Gasteiger partial charge in [-0.3, -0.25) is 4.79 Å². The Morgan fingerprint density at radius 1 is 1.50 bits per heavy atom. The summed E-state index contributed by atoms with van der Waals surface area (Å²) < 4.78 is 0. The number of nitrogen functional groups attached to an aromatic ring is 1. The zero-order chi connectivity index (χ0) is 13.1. The number of nitrogens with one attached hydrogen (secondary N) is 1. The second kappa shape index (κ2) is 5.85. The van der Waals surface area contributed by atoms with E-state index in [9.17, 15) is 4.79 Å². The summed E-state index contributed by atoms with van der Waals surface area (Å²) in [4.78, 5) is 12.1. The maximum atomic E-state index is 12.1. The van der Waals surface area contributed by atoms with Crippen molar-refractivity contribution < 1.29 is 4.79 Å². The van der Waals surface area contributed by atoms with Gasteiger partial charge in [0, 0.05) is 22.0 Å². The molecule has 18 heavy (non-hydrogen) atoms. The summed E-state index contributed by atoms with van der Waals surface area (Å²) >= 11 is 7.69. The van der Waals surface area contributed by atoms with E-state index in [1.54, 1.807) is 18.2 Å². The van der Waals surface area contributed by atoms with Crippen molar-refractivity contribution in [1.29, 1.82) is 0 Å². The molecule has 0 aliphatic heterocycles. The zero-order valence-electron chi connectivity index (χ0n) is 10.3. The van der Waals surface area contributed by atoms with Crippen molar-refractivity contribution in [2.24, 2.45) is 0 Å². The number of carbonyl (C=O) groups is 1. The number of amides is 1. The second-order valence-electron chi connectivity index (χ2n) is 4.57. The average Bonchev–Trinajstić information content (AvgIpc) is 2.76. The van der Waals surface area contributed by atoms with Crippen LogP contribution in [-0.4, -0.2) is 23.5 Å². The molecule has 1 saturated carbocycles. The summed E-state index contributed by atoms with van der Waals surface area (Å²) in [6.45, 7) is 0. The van der Waals surface area contributed by atoms with Gasteiger partial charge in [0.05, 0.1) is 5.56 Å². The summed E-state index contributed by atoms with van der Waals surface area (Å²) in [6, 6.07) is 5.24. The van der Waals surface area contributed by atoms with Crippen molar-refractivity contribution in [1.82, 2.24) is 5.32 Å². The molecule has 0 heterocycles. The van der Waals surface area contributed by atoms with Crippen LogP contribution in [0.4, 0.5) is 5.69 Å². The lowest BCUT2D eigenvalue weighted by atomic mass is 10.1. The molecule has 1 aromatic carbocycles. The minimum absolute atomic E-state index is 0.101. The molecule has 2 atom stereocenters. The van der Waals surface area contributed by atoms with Crippen molar-refractivity contribution in [3.8, 4) is 0 Å². The number of hydrogen-bond acceptors (Lipinski definition) is 3. The number of hydrogen-bond donors (Lipinski definition) is 2. The maximum absolute atomic E-state index is 12.1. The van der Waals surface area contributed by atoms with Crippen LogP contribution in [0.25, 0.3) is 0 Å². The number of carbonyl (C=O) groups excluding carboxylic acids is 1. The highest BCUT2D eigenvalue weighted by Crippen LogP contribution is 2.28. The molecule has 1 aromatic rings. The van der Waals surface area contributed by atoms with Crippen molar-refractivity contribution >= 4 is 35.0 Å². The Balaban J connectivity index is 2.00. The van der Waals surface area contributed by atoms with E-state index in [1.165, 1.54) is 6.42 Å². The molecule has 98 valence electrons. The molecule has 3 nitrogen and oxygen atoms in total. The van der Waals surface area contributed by atoms with Gasteiger partial charge in [-0.1, -0.05) is 11.6 Å². The monoisotopic (exact) mass is 284 g/mol. The molecule has 2 rings (SSSR count). The highest BCUT2D eigenvalue weighted by Gasteiger charge is 2.25. The van der Waals surface area contributed by atoms with E-state index < -0.39 is 0 Å². The molecule has 1 aliphatic rings. The van der Waals surface area contributed by atoms with Gasteiger partial charge in [-0.25, -0.2) is 0 Å². The maximum Gasteiger partial charge on any atom is 0.253 e. The lowest BCUT2D eigenvalue weighted by Crippen LogP contribution is -2.33. The Hall–Kier alpha value is -0.870. The number of rotatable bonds is 3. The van der Waals surface area contributed by atoms with Crippen molar-refractivity contribution in [3.05, 3.63) is 28.8 Å². The Labute approximate surface area is 116 Å². The topological polar surface area (TPSA) is 55.1 Å². The molecule has 0 spiro atoms. The van der Waals surface area contributed by atoms with Gasteiger partial charge >= 0.3 is 0 Å². The molecule has 1 amide bonds. The van der Waals surface area contributed by atoms with Crippen LogP contribution < -0.4 is 11.1 Å². The lowest BCUT2D eigenvalue weighted by Gasteiger charge is -2.14. The number of benzene rings is 1. The SMILES string of the molecule is CSC1CCC(NC(=O)c2ccc(Cl)cc2N)C1. The fourth-order valence-electron chi connectivity index (χ4n) is 2.29. The highest BCUT2D eigenvalue weighted by atomic mass is 35.5. The zero-order valence-corrected chi connectivity index (χ0v) is 11.9. The third-order valence-electron chi connectivity index (χ3n) is 3.31. The second-order valence-corrected chi connectivity index (χ2v) is 6.15. The van der Waals surface area contributed by atoms with Crippen molar-refractivity contribution in [2.45, 2.75) is 30.6 Å². The van der Waals surface area contributed by atoms with E-state index in [2.05, 4.69) is 11.6 Å². The van der Waals surface area contributed by atoms with Gasteiger partial charge in [0.25, 0.3) is 5.91 Å². The molecule has 0 saturated heterocycles. The Morgan fingerprint density at radius 2 is 2.28 bits per heavy atom. The Kier molecular flexibility index (Phi) is 4.40. The largest absolute Gasteiger partial charge is 0.398 e. The summed E-state index contributed by atoms with van der Waals surface area (Å²) in [5, 5.41) is 4.26. The van der Waals surface area contributed by atoms with Gasteiger partial charge in [0.1, 0.15) is 0 Å². The number of halogens is 1. The van der Waals surface area contributed by atoms with Crippen LogP contribution in [0, 0.1) is 0 Å². The van der Waals surface area contributed by atoms with Crippen LogP contribution in [0.15, 0.2) is 18.2 Å². The van der Waals surface area contributed by atoms with Crippen molar-refractivity contribution in [3.63, 3.8) is 0 Å². The van der Waals surface area contributed by atoms with Gasteiger partial charge in [0.2, 0.25) is 0 Å². The fourth-order valence-corrected chi connectivity index (χ4v) is 3.27. The normalized spacial score (nSPS) is 23.0. The predicted octanol–water partition coefficient (Wildman–Crippen LogP) is 2.94. The first-order chi connectivity index (χ1) is 8.60. The minimum Gasteiger partial charge on any atom is -0.398 e. The van der Waals surface area contributed by atoms with Crippen LogP contribution in [-0.2, 0) is 0 Å². The van der Waals surface area contributed by atoms with E-state index in [0.717, 1.165) is 12.8 Å². The van der Waals surface area contributed by atoms with Gasteiger partial charge in [-0.2, -0.15) is 11.8 Å². The van der Waals surface area contributed by atoms with Gasteiger partial charge in [0.15, 0.2) is 0 Å². The quantitative estimate of drug-likeness (QED) is 0.839. The van der Waals surface area contributed by atoms with E-state index in [-0.39, 0.29) is 11.9 Å². The first-order valence-corrected chi connectivity index (χ1v) is 7.65. The molecule has 2 unspecified atom stereocenters. The number of anilines is 1.